The Kier molecular flexibility index (Phi) is 4.02. The van der Waals surface area contributed by atoms with E-state index in [1.165, 1.54) is 11.7 Å². The van der Waals surface area contributed by atoms with E-state index in [0.29, 0.717) is 5.66 Å². The summed E-state index contributed by atoms with van der Waals surface area (Å²) in [5, 5.41) is 10.9. The maximum absolute atomic E-state index is 9.63. The first-order valence-corrected chi connectivity index (χ1v) is 7.77. The van der Waals surface area contributed by atoms with E-state index in [1.807, 2.05) is 18.2 Å². The molecule has 0 bridgehead atoms. The number of benzene rings is 1. The molecule has 1 N–H and O–H groups in total. The van der Waals surface area contributed by atoms with E-state index in [-0.39, 0.29) is 6.10 Å². The molecule has 0 heterocycles. The fourth-order valence-electron chi connectivity index (χ4n) is 2.13. The lowest BCUT2D eigenvalue weighted by Crippen LogP contribution is -2.23. The van der Waals surface area contributed by atoms with Gasteiger partial charge in [-0.1, -0.05) is 48.0 Å². The Morgan fingerprint density at radius 3 is 2.60 bits per heavy atom. The highest BCUT2D eigenvalue weighted by Gasteiger charge is 2.27. The van der Waals surface area contributed by atoms with Gasteiger partial charge in [-0.3, -0.25) is 0 Å². The Labute approximate surface area is 97.0 Å². The summed E-state index contributed by atoms with van der Waals surface area (Å²) in [4.78, 5) is 0. The molecule has 1 aromatic carbocycles. The molecule has 1 aliphatic carbocycles. The third-order valence-electron chi connectivity index (χ3n) is 2.94. The summed E-state index contributed by atoms with van der Waals surface area (Å²) in [6.45, 7) is 0. The zero-order valence-electron chi connectivity index (χ0n) is 8.64. The van der Waals surface area contributed by atoms with E-state index in [2.05, 4.69) is 12.1 Å². The van der Waals surface area contributed by atoms with Gasteiger partial charge in [-0.25, -0.2) is 0 Å². The van der Waals surface area contributed by atoms with Crippen LogP contribution in [0.2, 0.25) is 0 Å². The molecule has 0 aromatic heterocycles. The standard InChI is InChI=1S/C12H16ClOP/c13-15(11-6-2-1-3-7-11)12-8-4-5-10(14)9-12/h1-3,6-7,10,12,14H,4-5,8-9H2/t10-,12?,15?/m1/s1. The van der Waals surface area contributed by atoms with Gasteiger partial charge in [-0.05, 0) is 30.2 Å². The summed E-state index contributed by atoms with van der Waals surface area (Å²) in [5.41, 5.74) is 0.493. The summed E-state index contributed by atoms with van der Waals surface area (Å²) in [7, 11) is -0.608. The van der Waals surface area contributed by atoms with Crippen LogP contribution in [0.1, 0.15) is 25.7 Å². The second-order valence-corrected chi connectivity index (χ2v) is 7.08. The smallest absolute Gasteiger partial charge is 0.0546 e. The Morgan fingerprint density at radius 1 is 1.20 bits per heavy atom. The van der Waals surface area contributed by atoms with Crippen LogP contribution >= 0.6 is 18.5 Å². The van der Waals surface area contributed by atoms with Gasteiger partial charge in [0.15, 0.2) is 0 Å². The second-order valence-electron chi connectivity index (χ2n) is 4.12. The van der Waals surface area contributed by atoms with Crippen molar-refractivity contribution in [3.05, 3.63) is 30.3 Å². The van der Waals surface area contributed by atoms with Crippen LogP contribution in [-0.2, 0) is 0 Å². The van der Waals surface area contributed by atoms with Gasteiger partial charge < -0.3 is 5.11 Å². The highest BCUT2D eigenvalue weighted by molar-refractivity contribution is 7.90. The molecule has 1 aliphatic rings. The number of hydrogen-bond acceptors (Lipinski definition) is 1. The van der Waals surface area contributed by atoms with E-state index in [0.717, 1.165) is 19.3 Å². The number of aliphatic hydroxyl groups excluding tert-OH is 1. The Hall–Kier alpha value is -0.100. The van der Waals surface area contributed by atoms with Crippen LogP contribution in [0.25, 0.3) is 0 Å². The molecular formula is C12H16ClOP. The molecule has 3 atom stereocenters. The van der Waals surface area contributed by atoms with Crippen LogP contribution in [0, 0.1) is 0 Å². The van der Waals surface area contributed by atoms with E-state index in [1.54, 1.807) is 0 Å². The number of aliphatic hydroxyl groups is 1. The monoisotopic (exact) mass is 242 g/mol. The van der Waals surface area contributed by atoms with Gasteiger partial charge in [0.2, 0.25) is 0 Å². The van der Waals surface area contributed by atoms with Gasteiger partial charge in [0, 0.05) is 7.27 Å². The quantitative estimate of drug-likeness (QED) is 0.790. The largest absolute Gasteiger partial charge is 0.393 e. The van der Waals surface area contributed by atoms with E-state index in [9.17, 15) is 5.11 Å². The summed E-state index contributed by atoms with van der Waals surface area (Å²) < 4.78 is 0. The molecule has 0 amide bonds. The maximum atomic E-state index is 9.63. The van der Waals surface area contributed by atoms with Gasteiger partial charge in [-0.2, -0.15) is 0 Å². The Bertz CT molecular complexity index is 304. The molecular weight excluding hydrogens is 227 g/mol. The minimum Gasteiger partial charge on any atom is -0.393 e. The predicted molar refractivity (Wildman–Crippen MR) is 67.1 cm³/mol. The van der Waals surface area contributed by atoms with Crippen molar-refractivity contribution in [2.75, 3.05) is 0 Å². The molecule has 2 rings (SSSR count). The molecule has 1 nitrogen and oxygen atoms in total. The van der Waals surface area contributed by atoms with Crippen LogP contribution in [0.5, 0.6) is 0 Å². The SMILES string of the molecule is O[C@@H]1CCCC(P(Cl)c2ccccc2)C1. The third kappa shape index (κ3) is 2.93. The lowest BCUT2D eigenvalue weighted by Gasteiger charge is -2.29. The van der Waals surface area contributed by atoms with Gasteiger partial charge >= 0.3 is 0 Å². The van der Waals surface area contributed by atoms with Crippen LogP contribution in [-0.4, -0.2) is 16.9 Å². The van der Waals surface area contributed by atoms with Crippen molar-refractivity contribution < 1.29 is 5.11 Å². The van der Waals surface area contributed by atoms with E-state index < -0.39 is 7.27 Å². The minimum absolute atomic E-state index is 0.129. The van der Waals surface area contributed by atoms with E-state index >= 15 is 0 Å². The normalized spacial score (nSPS) is 28.7. The number of hydrogen-bond donors (Lipinski definition) is 1. The first kappa shape index (κ1) is 11.4. The molecule has 0 aliphatic heterocycles. The van der Waals surface area contributed by atoms with Crippen molar-refractivity contribution in [1.29, 1.82) is 0 Å². The zero-order valence-corrected chi connectivity index (χ0v) is 10.3. The van der Waals surface area contributed by atoms with Gasteiger partial charge in [0.25, 0.3) is 0 Å². The van der Waals surface area contributed by atoms with Crippen LogP contribution in [0.3, 0.4) is 0 Å². The minimum atomic E-state index is -0.608. The molecule has 3 heteroatoms. The first-order valence-electron chi connectivity index (χ1n) is 5.45. The lowest BCUT2D eigenvalue weighted by molar-refractivity contribution is 0.132. The molecule has 0 saturated heterocycles. The summed E-state index contributed by atoms with van der Waals surface area (Å²) >= 11 is 6.50. The van der Waals surface area contributed by atoms with Crippen LogP contribution in [0.4, 0.5) is 0 Å². The Morgan fingerprint density at radius 2 is 1.93 bits per heavy atom. The topological polar surface area (TPSA) is 20.2 Å². The van der Waals surface area contributed by atoms with Crippen molar-refractivity contribution in [3.63, 3.8) is 0 Å². The molecule has 1 fully saturated rings. The zero-order chi connectivity index (χ0) is 10.7. The second kappa shape index (κ2) is 5.30. The first-order chi connectivity index (χ1) is 7.27. The fraction of sp³-hybridized carbons (Fsp3) is 0.500. The molecule has 0 spiro atoms. The van der Waals surface area contributed by atoms with Gasteiger partial charge in [0.05, 0.1) is 6.10 Å². The average molecular weight is 243 g/mol. The van der Waals surface area contributed by atoms with Gasteiger partial charge in [-0.15, -0.1) is 0 Å². The molecule has 2 unspecified atom stereocenters. The lowest BCUT2D eigenvalue weighted by atomic mass is 9.97. The van der Waals surface area contributed by atoms with Gasteiger partial charge in [0.1, 0.15) is 0 Å². The summed E-state index contributed by atoms with van der Waals surface area (Å²) in [6, 6.07) is 10.3. The third-order valence-corrected chi connectivity index (χ3v) is 6.26. The molecule has 1 aromatic rings. The summed E-state index contributed by atoms with van der Waals surface area (Å²) in [5.74, 6) is 0. The van der Waals surface area contributed by atoms with Crippen molar-refractivity contribution >= 4 is 23.8 Å². The van der Waals surface area contributed by atoms with E-state index in [4.69, 9.17) is 11.2 Å². The predicted octanol–water partition coefficient (Wildman–Crippen LogP) is 3.25. The van der Waals surface area contributed by atoms with Crippen molar-refractivity contribution in [2.45, 2.75) is 37.4 Å². The molecule has 15 heavy (non-hydrogen) atoms. The maximum Gasteiger partial charge on any atom is 0.0546 e. The van der Waals surface area contributed by atoms with Crippen LogP contribution in [0.15, 0.2) is 30.3 Å². The highest BCUT2D eigenvalue weighted by atomic mass is 35.7. The average Bonchev–Trinajstić information content (AvgIpc) is 2.29. The van der Waals surface area contributed by atoms with Crippen molar-refractivity contribution in [2.24, 2.45) is 0 Å². The number of halogens is 1. The van der Waals surface area contributed by atoms with Crippen molar-refractivity contribution in [3.8, 4) is 0 Å². The highest BCUT2D eigenvalue weighted by Crippen LogP contribution is 2.50. The fourth-order valence-corrected chi connectivity index (χ4v) is 4.71. The molecule has 1 saturated carbocycles. The van der Waals surface area contributed by atoms with Crippen LogP contribution < -0.4 is 5.30 Å². The molecule has 0 radical (unpaired) electrons. The summed E-state index contributed by atoms with van der Waals surface area (Å²) in [6.07, 6.45) is 3.98. The Balaban J connectivity index is 2.04. The van der Waals surface area contributed by atoms with Crippen molar-refractivity contribution in [1.82, 2.24) is 0 Å². The number of rotatable bonds is 2. The molecule has 82 valence electrons.